The van der Waals surface area contributed by atoms with Crippen LogP contribution in [0.25, 0.3) is 11.4 Å². The van der Waals surface area contributed by atoms with Gasteiger partial charge in [-0.2, -0.15) is 0 Å². The first-order chi connectivity index (χ1) is 13.2. The second kappa shape index (κ2) is 7.98. The Labute approximate surface area is 160 Å². The molecule has 6 heteroatoms. The van der Waals surface area contributed by atoms with Gasteiger partial charge in [0.15, 0.2) is 5.82 Å². The fourth-order valence-electron chi connectivity index (χ4n) is 3.48. The first-order valence-electron chi connectivity index (χ1n) is 9.46. The van der Waals surface area contributed by atoms with E-state index < -0.39 is 0 Å². The van der Waals surface area contributed by atoms with Gasteiger partial charge in [-0.1, -0.05) is 23.8 Å². The highest BCUT2D eigenvalue weighted by Crippen LogP contribution is 2.16. The van der Waals surface area contributed by atoms with E-state index in [0.717, 1.165) is 56.5 Å². The Kier molecular flexibility index (Phi) is 5.27. The lowest BCUT2D eigenvalue weighted by Crippen LogP contribution is -2.45. The van der Waals surface area contributed by atoms with Crippen molar-refractivity contribution in [2.75, 3.05) is 26.2 Å². The van der Waals surface area contributed by atoms with Crippen molar-refractivity contribution >= 4 is 0 Å². The van der Waals surface area contributed by atoms with Crippen LogP contribution in [0.2, 0.25) is 0 Å². The molecule has 1 aliphatic heterocycles. The van der Waals surface area contributed by atoms with E-state index in [0.29, 0.717) is 0 Å². The lowest BCUT2D eigenvalue weighted by molar-refractivity contribution is 0.119. The van der Waals surface area contributed by atoms with E-state index in [1.54, 1.807) is 0 Å². The Bertz CT molecular complexity index is 878. The van der Waals surface area contributed by atoms with Gasteiger partial charge in [0.05, 0.1) is 6.54 Å². The molecule has 0 radical (unpaired) electrons. The van der Waals surface area contributed by atoms with Crippen LogP contribution in [-0.2, 0) is 20.1 Å². The van der Waals surface area contributed by atoms with Crippen molar-refractivity contribution < 1.29 is 0 Å². The Morgan fingerprint density at radius 3 is 2.26 bits per heavy atom. The van der Waals surface area contributed by atoms with Gasteiger partial charge < -0.3 is 4.57 Å². The van der Waals surface area contributed by atoms with Crippen molar-refractivity contribution in [1.29, 1.82) is 0 Å². The Morgan fingerprint density at radius 2 is 1.63 bits per heavy atom. The molecule has 0 N–H and O–H groups in total. The maximum Gasteiger partial charge on any atom is 0.159 e. The molecule has 0 saturated carbocycles. The molecule has 2 aromatic heterocycles. The van der Waals surface area contributed by atoms with Crippen LogP contribution in [0.5, 0.6) is 0 Å². The van der Waals surface area contributed by atoms with Gasteiger partial charge in [0, 0.05) is 75.7 Å². The Morgan fingerprint density at radius 1 is 0.926 bits per heavy atom. The van der Waals surface area contributed by atoms with Crippen molar-refractivity contribution in [2.45, 2.75) is 20.0 Å². The fraction of sp³-hybridized carbons (Fsp3) is 0.381. The van der Waals surface area contributed by atoms with E-state index >= 15 is 0 Å². The largest absolute Gasteiger partial charge is 0.337 e. The number of benzene rings is 1. The van der Waals surface area contributed by atoms with E-state index in [1.807, 2.05) is 30.9 Å². The average molecular weight is 362 g/mol. The number of aryl methyl sites for hydroxylation is 2. The van der Waals surface area contributed by atoms with Gasteiger partial charge >= 0.3 is 0 Å². The lowest BCUT2D eigenvalue weighted by Gasteiger charge is -2.34. The monoisotopic (exact) mass is 362 g/mol. The number of nitrogens with zero attached hydrogens (tertiary/aromatic N) is 6. The predicted molar refractivity (Wildman–Crippen MR) is 106 cm³/mol. The van der Waals surface area contributed by atoms with Gasteiger partial charge in [0.1, 0.15) is 5.82 Å². The molecule has 0 atom stereocenters. The van der Waals surface area contributed by atoms with Gasteiger partial charge in [-0.25, -0.2) is 15.0 Å². The third kappa shape index (κ3) is 4.40. The maximum absolute atomic E-state index is 4.57. The minimum atomic E-state index is 0.794. The summed E-state index contributed by atoms with van der Waals surface area (Å²) in [6, 6.07) is 8.32. The molecular formula is C21H26N6. The van der Waals surface area contributed by atoms with Crippen molar-refractivity contribution in [3.63, 3.8) is 0 Å². The summed E-state index contributed by atoms with van der Waals surface area (Å²) in [5.74, 6) is 1.92. The quantitative estimate of drug-likeness (QED) is 0.698. The summed E-state index contributed by atoms with van der Waals surface area (Å²) in [6.07, 6.45) is 7.80. The molecule has 1 saturated heterocycles. The molecule has 140 valence electrons. The summed E-state index contributed by atoms with van der Waals surface area (Å²) in [4.78, 5) is 18.5. The third-order valence-corrected chi connectivity index (χ3v) is 5.14. The van der Waals surface area contributed by atoms with Crippen molar-refractivity contribution in [3.8, 4) is 11.4 Å². The summed E-state index contributed by atoms with van der Waals surface area (Å²) in [7, 11) is 2.05. The number of hydrogen-bond donors (Lipinski definition) is 0. The molecule has 1 aromatic carbocycles. The molecule has 6 nitrogen and oxygen atoms in total. The van der Waals surface area contributed by atoms with Crippen LogP contribution in [0.1, 0.15) is 17.0 Å². The first-order valence-corrected chi connectivity index (χ1v) is 9.46. The van der Waals surface area contributed by atoms with Gasteiger partial charge in [0.25, 0.3) is 0 Å². The summed E-state index contributed by atoms with van der Waals surface area (Å²) < 4.78 is 2.10. The van der Waals surface area contributed by atoms with Gasteiger partial charge in [-0.15, -0.1) is 0 Å². The van der Waals surface area contributed by atoms with E-state index in [2.05, 4.69) is 61.5 Å². The average Bonchev–Trinajstić information content (AvgIpc) is 3.09. The van der Waals surface area contributed by atoms with Gasteiger partial charge in [0.2, 0.25) is 0 Å². The molecule has 4 rings (SSSR count). The summed E-state index contributed by atoms with van der Waals surface area (Å²) >= 11 is 0. The van der Waals surface area contributed by atoms with E-state index in [4.69, 9.17) is 0 Å². The van der Waals surface area contributed by atoms with Crippen molar-refractivity contribution in [3.05, 3.63) is 66.0 Å². The SMILES string of the molecule is Cc1cccc(-c2ncc(CN3CCN(Cc4nccn4C)CC3)cn2)c1. The number of imidazole rings is 1. The van der Waals surface area contributed by atoms with Crippen LogP contribution in [0.15, 0.2) is 49.1 Å². The van der Waals surface area contributed by atoms with Crippen LogP contribution in [0.3, 0.4) is 0 Å². The highest BCUT2D eigenvalue weighted by atomic mass is 15.3. The standard InChI is InChI=1S/C21H26N6/c1-17-4-3-5-19(12-17)21-23-13-18(14-24-21)15-26-8-10-27(11-9-26)16-20-22-6-7-25(20)2/h3-7,12-14H,8-11,15-16H2,1-2H3. The van der Waals surface area contributed by atoms with Crippen molar-refractivity contribution in [1.82, 2.24) is 29.3 Å². The zero-order chi connectivity index (χ0) is 18.6. The third-order valence-electron chi connectivity index (χ3n) is 5.14. The molecular weight excluding hydrogens is 336 g/mol. The molecule has 1 aliphatic rings. The summed E-state index contributed by atoms with van der Waals surface area (Å²) in [5, 5.41) is 0. The number of rotatable bonds is 5. The topological polar surface area (TPSA) is 50.1 Å². The smallest absolute Gasteiger partial charge is 0.159 e. The normalized spacial score (nSPS) is 15.9. The second-order valence-electron chi connectivity index (χ2n) is 7.29. The van der Waals surface area contributed by atoms with E-state index in [1.165, 1.54) is 11.1 Å². The zero-order valence-corrected chi connectivity index (χ0v) is 16.0. The highest BCUT2D eigenvalue weighted by molar-refractivity contribution is 5.55. The van der Waals surface area contributed by atoms with Crippen LogP contribution < -0.4 is 0 Å². The zero-order valence-electron chi connectivity index (χ0n) is 16.0. The fourth-order valence-corrected chi connectivity index (χ4v) is 3.48. The molecule has 3 heterocycles. The first kappa shape index (κ1) is 17.8. The molecule has 1 fully saturated rings. The maximum atomic E-state index is 4.57. The Hall–Kier alpha value is -2.57. The van der Waals surface area contributed by atoms with Crippen molar-refractivity contribution in [2.24, 2.45) is 7.05 Å². The van der Waals surface area contributed by atoms with E-state index in [9.17, 15) is 0 Å². The minimum Gasteiger partial charge on any atom is -0.337 e. The number of piperazine rings is 1. The van der Waals surface area contributed by atoms with Crippen LogP contribution in [0.4, 0.5) is 0 Å². The molecule has 0 aliphatic carbocycles. The lowest BCUT2D eigenvalue weighted by atomic mass is 10.1. The minimum absolute atomic E-state index is 0.794. The summed E-state index contributed by atoms with van der Waals surface area (Å²) in [6.45, 7) is 8.17. The molecule has 3 aromatic rings. The summed E-state index contributed by atoms with van der Waals surface area (Å²) in [5.41, 5.74) is 3.47. The Balaban J connectivity index is 1.31. The highest BCUT2D eigenvalue weighted by Gasteiger charge is 2.18. The molecule has 0 spiro atoms. The number of aromatic nitrogens is 4. The predicted octanol–water partition coefficient (Wildman–Crippen LogP) is 2.50. The second-order valence-corrected chi connectivity index (χ2v) is 7.29. The van der Waals surface area contributed by atoms with Gasteiger partial charge in [-0.3, -0.25) is 9.80 Å². The van der Waals surface area contributed by atoms with E-state index in [-0.39, 0.29) is 0 Å². The number of hydrogen-bond acceptors (Lipinski definition) is 5. The van der Waals surface area contributed by atoms with Crippen LogP contribution >= 0.6 is 0 Å². The van der Waals surface area contributed by atoms with Crippen LogP contribution in [-0.4, -0.2) is 55.5 Å². The van der Waals surface area contributed by atoms with Crippen LogP contribution in [0, 0.1) is 6.92 Å². The molecule has 0 amide bonds. The molecule has 0 unspecified atom stereocenters. The van der Waals surface area contributed by atoms with Gasteiger partial charge in [-0.05, 0) is 13.0 Å². The molecule has 27 heavy (non-hydrogen) atoms. The molecule has 0 bridgehead atoms.